The first-order chi connectivity index (χ1) is 13.5. The number of rotatable bonds is 19. The molecule has 0 aromatic heterocycles. The molecule has 7 heteroatoms. The normalized spacial score (nSPS) is 11.6. The van der Waals surface area contributed by atoms with E-state index in [1.807, 2.05) is 0 Å². The van der Waals surface area contributed by atoms with Crippen LogP contribution in [0.3, 0.4) is 0 Å². The first-order valence-corrected chi connectivity index (χ1v) is 10.7. The van der Waals surface area contributed by atoms with E-state index < -0.39 is 17.9 Å². The van der Waals surface area contributed by atoms with Crippen LogP contribution in [-0.2, 0) is 19.2 Å². The second kappa shape index (κ2) is 18.4. The topological polar surface area (TPSA) is 113 Å². The number of aliphatic carboxylic acids is 1. The maximum atomic E-state index is 12.0. The molecule has 162 valence electrons. The fourth-order valence-corrected chi connectivity index (χ4v) is 3.02. The molecule has 0 radical (unpaired) electrons. The van der Waals surface area contributed by atoms with E-state index in [9.17, 15) is 19.2 Å². The SMILES string of the molecule is CCCCCCCCCCCCCC(=O)N[C@@H](CCC(=O)O)C(=O)NCC=O. The van der Waals surface area contributed by atoms with E-state index in [-0.39, 0.29) is 25.3 Å². The summed E-state index contributed by atoms with van der Waals surface area (Å²) >= 11 is 0. The van der Waals surface area contributed by atoms with Gasteiger partial charge >= 0.3 is 5.97 Å². The lowest BCUT2D eigenvalue weighted by molar-refractivity contribution is -0.138. The fourth-order valence-electron chi connectivity index (χ4n) is 3.02. The molecule has 1 atom stereocenters. The Morgan fingerprint density at radius 3 is 1.89 bits per heavy atom. The van der Waals surface area contributed by atoms with Crippen LogP contribution >= 0.6 is 0 Å². The zero-order valence-electron chi connectivity index (χ0n) is 17.3. The molecule has 0 rings (SSSR count). The van der Waals surface area contributed by atoms with Crippen molar-refractivity contribution in [3.63, 3.8) is 0 Å². The Labute approximate surface area is 169 Å². The van der Waals surface area contributed by atoms with Crippen LogP contribution in [0.4, 0.5) is 0 Å². The molecule has 0 heterocycles. The van der Waals surface area contributed by atoms with Gasteiger partial charge in [0.15, 0.2) is 0 Å². The second-order valence-electron chi connectivity index (χ2n) is 7.25. The highest BCUT2D eigenvalue weighted by Crippen LogP contribution is 2.12. The second-order valence-corrected chi connectivity index (χ2v) is 7.25. The lowest BCUT2D eigenvalue weighted by atomic mass is 10.0. The molecular formula is C21H38N2O5. The van der Waals surface area contributed by atoms with Gasteiger partial charge in [-0.05, 0) is 12.8 Å². The van der Waals surface area contributed by atoms with Crippen LogP contribution in [0.25, 0.3) is 0 Å². The summed E-state index contributed by atoms with van der Waals surface area (Å²) in [7, 11) is 0. The van der Waals surface area contributed by atoms with E-state index in [1.165, 1.54) is 51.4 Å². The van der Waals surface area contributed by atoms with Crippen LogP contribution < -0.4 is 10.6 Å². The molecule has 0 bridgehead atoms. The van der Waals surface area contributed by atoms with E-state index in [2.05, 4.69) is 17.6 Å². The number of aldehydes is 1. The van der Waals surface area contributed by atoms with Gasteiger partial charge in [-0.2, -0.15) is 0 Å². The molecule has 0 aromatic carbocycles. The third kappa shape index (κ3) is 16.3. The average Bonchev–Trinajstić information content (AvgIpc) is 2.67. The number of hydrogen-bond acceptors (Lipinski definition) is 4. The van der Waals surface area contributed by atoms with Gasteiger partial charge in [-0.25, -0.2) is 0 Å². The Kier molecular flexibility index (Phi) is 17.2. The minimum atomic E-state index is -1.03. The number of amides is 2. The predicted molar refractivity (Wildman–Crippen MR) is 109 cm³/mol. The lowest BCUT2D eigenvalue weighted by Crippen LogP contribution is -2.47. The summed E-state index contributed by atoms with van der Waals surface area (Å²) in [6.45, 7) is 2.07. The van der Waals surface area contributed by atoms with E-state index in [0.717, 1.165) is 19.3 Å². The van der Waals surface area contributed by atoms with Gasteiger partial charge in [0.1, 0.15) is 12.3 Å². The number of unbranched alkanes of at least 4 members (excludes halogenated alkanes) is 10. The van der Waals surface area contributed by atoms with Gasteiger partial charge in [0.05, 0.1) is 6.54 Å². The van der Waals surface area contributed by atoms with Crippen molar-refractivity contribution < 1.29 is 24.3 Å². The third-order valence-corrected chi connectivity index (χ3v) is 4.67. The molecule has 0 aliphatic heterocycles. The highest BCUT2D eigenvalue weighted by molar-refractivity contribution is 5.88. The van der Waals surface area contributed by atoms with E-state index in [4.69, 9.17) is 5.11 Å². The van der Waals surface area contributed by atoms with Crippen molar-refractivity contribution in [2.45, 2.75) is 103 Å². The van der Waals surface area contributed by atoms with Crippen molar-refractivity contribution in [1.29, 1.82) is 0 Å². The number of hydrogen-bond donors (Lipinski definition) is 3. The van der Waals surface area contributed by atoms with Crippen LogP contribution in [0.5, 0.6) is 0 Å². The average molecular weight is 399 g/mol. The largest absolute Gasteiger partial charge is 0.481 e. The molecule has 7 nitrogen and oxygen atoms in total. The summed E-state index contributed by atoms with van der Waals surface area (Å²) in [5.41, 5.74) is 0. The summed E-state index contributed by atoms with van der Waals surface area (Å²) in [5, 5.41) is 13.7. The van der Waals surface area contributed by atoms with Crippen LogP contribution in [-0.4, -0.2) is 41.8 Å². The van der Waals surface area contributed by atoms with Crippen molar-refractivity contribution in [2.24, 2.45) is 0 Å². The molecule has 3 N–H and O–H groups in total. The molecule has 0 fully saturated rings. The third-order valence-electron chi connectivity index (χ3n) is 4.67. The standard InChI is InChI=1S/C21H38N2O5/c1-2-3-4-5-6-7-8-9-10-11-12-13-19(25)23-18(14-15-20(26)27)21(28)22-16-17-24/h17-18H,2-16H2,1H3,(H,22,28)(H,23,25)(H,26,27)/t18-/m0/s1. The minimum Gasteiger partial charge on any atom is -0.481 e. The quantitative estimate of drug-likeness (QED) is 0.228. The molecular weight excluding hydrogens is 360 g/mol. The Morgan fingerprint density at radius 1 is 0.857 bits per heavy atom. The van der Waals surface area contributed by atoms with E-state index >= 15 is 0 Å². The van der Waals surface area contributed by atoms with Gasteiger partial charge in [0.2, 0.25) is 11.8 Å². The van der Waals surface area contributed by atoms with Crippen molar-refractivity contribution in [1.82, 2.24) is 10.6 Å². The Hall–Kier alpha value is -1.92. The van der Waals surface area contributed by atoms with E-state index in [1.54, 1.807) is 0 Å². The first kappa shape index (κ1) is 26.1. The smallest absolute Gasteiger partial charge is 0.303 e. The van der Waals surface area contributed by atoms with Gasteiger partial charge in [0, 0.05) is 12.8 Å². The zero-order chi connectivity index (χ0) is 21.0. The number of nitrogens with one attached hydrogen (secondary N) is 2. The molecule has 0 aromatic rings. The summed E-state index contributed by atoms with van der Waals surface area (Å²) in [4.78, 5) is 45.0. The Bertz CT molecular complexity index is 454. The van der Waals surface area contributed by atoms with Crippen LogP contribution in [0.1, 0.15) is 96.8 Å². The highest BCUT2D eigenvalue weighted by atomic mass is 16.4. The summed E-state index contributed by atoms with van der Waals surface area (Å²) in [5.74, 6) is -1.82. The number of carboxylic acid groups (broad SMARTS) is 1. The number of carbonyl (C=O) groups is 4. The van der Waals surface area contributed by atoms with E-state index in [0.29, 0.717) is 12.7 Å². The molecule has 0 saturated carbocycles. The molecule has 0 saturated heterocycles. The monoisotopic (exact) mass is 398 g/mol. The molecule has 0 aliphatic rings. The number of carboxylic acids is 1. The van der Waals surface area contributed by atoms with Crippen molar-refractivity contribution in [3.8, 4) is 0 Å². The highest BCUT2D eigenvalue weighted by Gasteiger charge is 2.21. The molecule has 2 amide bonds. The molecule has 0 spiro atoms. The Balaban J connectivity index is 3.87. The molecule has 0 unspecified atom stereocenters. The summed E-state index contributed by atoms with van der Waals surface area (Å²) < 4.78 is 0. The Morgan fingerprint density at radius 2 is 1.39 bits per heavy atom. The van der Waals surface area contributed by atoms with Crippen molar-refractivity contribution >= 4 is 24.1 Å². The van der Waals surface area contributed by atoms with Gasteiger partial charge in [0.25, 0.3) is 0 Å². The van der Waals surface area contributed by atoms with Crippen LogP contribution in [0.15, 0.2) is 0 Å². The zero-order valence-corrected chi connectivity index (χ0v) is 17.3. The predicted octanol–water partition coefficient (Wildman–Crippen LogP) is 3.35. The first-order valence-electron chi connectivity index (χ1n) is 10.7. The van der Waals surface area contributed by atoms with Gasteiger partial charge in [-0.3, -0.25) is 14.4 Å². The minimum absolute atomic E-state index is 0.00399. The number of carbonyl (C=O) groups excluding carboxylic acids is 3. The fraction of sp³-hybridized carbons (Fsp3) is 0.810. The van der Waals surface area contributed by atoms with Gasteiger partial charge in [-0.15, -0.1) is 0 Å². The van der Waals surface area contributed by atoms with Gasteiger partial charge in [-0.1, -0.05) is 71.1 Å². The van der Waals surface area contributed by atoms with Crippen molar-refractivity contribution in [3.05, 3.63) is 0 Å². The summed E-state index contributed by atoms with van der Waals surface area (Å²) in [6, 6.07) is -0.920. The molecule has 28 heavy (non-hydrogen) atoms. The maximum absolute atomic E-state index is 12.0. The molecule has 0 aliphatic carbocycles. The van der Waals surface area contributed by atoms with Crippen LogP contribution in [0.2, 0.25) is 0 Å². The summed E-state index contributed by atoms with van der Waals surface area (Å²) in [6.07, 6.45) is 13.8. The van der Waals surface area contributed by atoms with Crippen molar-refractivity contribution in [2.75, 3.05) is 6.54 Å². The maximum Gasteiger partial charge on any atom is 0.303 e. The van der Waals surface area contributed by atoms with Crippen LogP contribution in [0, 0.1) is 0 Å². The lowest BCUT2D eigenvalue weighted by Gasteiger charge is -2.17. The van der Waals surface area contributed by atoms with Gasteiger partial charge < -0.3 is 20.5 Å².